The van der Waals surface area contributed by atoms with Crippen molar-refractivity contribution in [2.75, 3.05) is 46.1 Å². The smallest absolute Gasteiger partial charge is 0.253 e. The molecular formula is C20H27N3O5S. The van der Waals surface area contributed by atoms with Gasteiger partial charge in [0, 0.05) is 43.7 Å². The third-order valence-corrected chi connectivity index (χ3v) is 8.22. The first kappa shape index (κ1) is 20.2. The SMILES string of the molecule is COc1ccc(C(=O)N2CCC3(CC2)CN(S(C)(=O)=O)C[C@]32CCNC2=O)cc1. The van der Waals surface area contributed by atoms with Crippen LogP contribution in [0.2, 0.25) is 0 Å². The molecule has 1 aromatic rings. The third kappa shape index (κ3) is 3.20. The Morgan fingerprint density at radius 1 is 1.10 bits per heavy atom. The molecule has 1 atom stereocenters. The van der Waals surface area contributed by atoms with Gasteiger partial charge in [0.05, 0.1) is 18.8 Å². The molecule has 29 heavy (non-hydrogen) atoms. The molecule has 0 aromatic heterocycles. The van der Waals surface area contributed by atoms with Gasteiger partial charge in [-0.05, 0) is 43.5 Å². The van der Waals surface area contributed by atoms with Crippen LogP contribution < -0.4 is 10.1 Å². The van der Waals surface area contributed by atoms with E-state index in [1.165, 1.54) is 10.6 Å². The number of amides is 2. The molecule has 0 unspecified atom stereocenters. The highest BCUT2D eigenvalue weighted by molar-refractivity contribution is 7.88. The van der Waals surface area contributed by atoms with E-state index < -0.39 is 20.9 Å². The van der Waals surface area contributed by atoms with Gasteiger partial charge in [0.25, 0.3) is 5.91 Å². The van der Waals surface area contributed by atoms with Gasteiger partial charge in [-0.15, -0.1) is 0 Å². The van der Waals surface area contributed by atoms with Crippen LogP contribution in [0.25, 0.3) is 0 Å². The van der Waals surface area contributed by atoms with Crippen molar-refractivity contribution in [2.45, 2.75) is 19.3 Å². The normalized spacial score (nSPS) is 26.8. The van der Waals surface area contributed by atoms with Crippen molar-refractivity contribution in [1.82, 2.24) is 14.5 Å². The maximum atomic E-state index is 12.9. The van der Waals surface area contributed by atoms with Gasteiger partial charge in [-0.25, -0.2) is 12.7 Å². The molecule has 9 heteroatoms. The number of likely N-dealkylation sites (tertiary alicyclic amines) is 1. The van der Waals surface area contributed by atoms with Crippen LogP contribution in [0, 0.1) is 10.8 Å². The number of fused-ring (bicyclic) bond motifs is 1. The fraction of sp³-hybridized carbons (Fsp3) is 0.600. The molecule has 3 aliphatic heterocycles. The van der Waals surface area contributed by atoms with E-state index in [0.717, 1.165) is 0 Å². The molecule has 158 valence electrons. The van der Waals surface area contributed by atoms with Crippen molar-refractivity contribution in [3.63, 3.8) is 0 Å². The summed E-state index contributed by atoms with van der Waals surface area (Å²) >= 11 is 0. The van der Waals surface area contributed by atoms with Crippen LogP contribution in [0.3, 0.4) is 0 Å². The van der Waals surface area contributed by atoms with Gasteiger partial charge < -0.3 is 15.0 Å². The van der Waals surface area contributed by atoms with Crippen LogP contribution in [0.15, 0.2) is 24.3 Å². The number of ether oxygens (including phenoxy) is 1. The number of rotatable bonds is 3. The Labute approximate surface area is 171 Å². The number of benzene rings is 1. The molecule has 3 fully saturated rings. The molecule has 2 spiro atoms. The van der Waals surface area contributed by atoms with Crippen molar-refractivity contribution >= 4 is 21.8 Å². The average molecular weight is 422 g/mol. The van der Waals surface area contributed by atoms with Gasteiger partial charge in [-0.3, -0.25) is 9.59 Å². The van der Waals surface area contributed by atoms with Crippen molar-refractivity contribution in [1.29, 1.82) is 0 Å². The molecule has 3 saturated heterocycles. The fourth-order valence-corrected chi connectivity index (χ4v) is 6.20. The van der Waals surface area contributed by atoms with Gasteiger partial charge >= 0.3 is 0 Å². The maximum absolute atomic E-state index is 12.9. The number of hydrogen-bond acceptors (Lipinski definition) is 5. The number of hydrogen-bond donors (Lipinski definition) is 1. The molecule has 0 aliphatic carbocycles. The second-order valence-electron chi connectivity index (χ2n) is 8.42. The first-order valence-electron chi connectivity index (χ1n) is 9.88. The third-order valence-electron chi connectivity index (χ3n) is 7.03. The van der Waals surface area contributed by atoms with Gasteiger partial charge in [0.2, 0.25) is 15.9 Å². The molecular weight excluding hydrogens is 394 g/mol. The number of nitrogens with one attached hydrogen (secondary N) is 1. The Balaban J connectivity index is 1.54. The zero-order valence-corrected chi connectivity index (χ0v) is 17.6. The first-order valence-corrected chi connectivity index (χ1v) is 11.7. The lowest BCUT2D eigenvalue weighted by Gasteiger charge is -2.46. The Kier molecular flexibility index (Phi) is 4.85. The molecule has 0 saturated carbocycles. The summed E-state index contributed by atoms with van der Waals surface area (Å²) in [5, 5.41) is 2.91. The van der Waals surface area contributed by atoms with Crippen molar-refractivity contribution in [3.05, 3.63) is 29.8 Å². The van der Waals surface area contributed by atoms with Crippen molar-refractivity contribution in [2.24, 2.45) is 10.8 Å². The maximum Gasteiger partial charge on any atom is 0.253 e. The van der Waals surface area contributed by atoms with Gasteiger partial charge in [0.1, 0.15) is 5.75 Å². The van der Waals surface area contributed by atoms with Crippen molar-refractivity contribution in [3.8, 4) is 5.75 Å². The molecule has 4 rings (SSSR count). The molecule has 0 radical (unpaired) electrons. The highest BCUT2D eigenvalue weighted by atomic mass is 32.2. The summed E-state index contributed by atoms with van der Waals surface area (Å²) in [7, 11) is -1.80. The Bertz CT molecular complexity index is 922. The average Bonchev–Trinajstić information content (AvgIpc) is 3.24. The van der Waals surface area contributed by atoms with E-state index in [1.807, 2.05) is 0 Å². The predicted octanol–water partition coefficient (Wildman–Crippen LogP) is 0.699. The fourth-order valence-electron chi connectivity index (χ4n) is 5.27. The van der Waals surface area contributed by atoms with Gasteiger partial charge in [0.15, 0.2) is 0 Å². The van der Waals surface area contributed by atoms with E-state index in [-0.39, 0.29) is 18.4 Å². The molecule has 1 N–H and O–H groups in total. The van der Waals surface area contributed by atoms with Crippen LogP contribution in [0.4, 0.5) is 0 Å². The zero-order chi connectivity index (χ0) is 20.9. The topological polar surface area (TPSA) is 96.0 Å². The molecule has 2 amide bonds. The van der Waals surface area contributed by atoms with E-state index in [0.29, 0.717) is 56.8 Å². The summed E-state index contributed by atoms with van der Waals surface area (Å²) in [4.78, 5) is 27.5. The molecule has 3 aliphatic rings. The number of piperidine rings is 1. The standard InChI is InChI=1S/C20H27N3O5S/c1-28-16-5-3-15(4-6-16)17(24)22-11-8-19(9-12-22)13-23(29(2,26)27)14-20(19)7-10-21-18(20)25/h3-6H,7-14H2,1-2H3,(H,21,25)/t20-/m0/s1. The summed E-state index contributed by atoms with van der Waals surface area (Å²) in [6.07, 6.45) is 3.09. The summed E-state index contributed by atoms with van der Waals surface area (Å²) in [6, 6.07) is 7.02. The van der Waals surface area contributed by atoms with E-state index in [2.05, 4.69) is 5.32 Å². The zero-order valence-electron chi connectivity index (χ0n) is 16.8. The van der Waals surface area contributed by atoms with E-state index in [1.54, 1.807) is 36.3 Å². The van der Waals surface area contributed by atoms with Crippen LogP contribution >= 0.6 is 0 Å². The minimum Gasteiger partial charge on any atom is -0.497 e. The number of sulfonamides is 1. The van der Waals surface area contributed by atoms with Gasteiger partial charge in [-0.2, -0.15) is 0 Å². The van der Waals surface area contributed by atoms with E-state index in [9.17, 15) is 18.0 Å². The van der Waals surface area contributed by atoms with Crippen LogP contribution in [-0.4, -0.2) is 75.5 Å². The number of carbonyl (C=O) groups is 2. The Hall–Kier alpha value is -2.13. The molecule has 0 bridgehead atoms. The van der Waals surface area contributed by atoms with Crippen molar-refractivity contribution < 1.29 is 22.7 Å². The second kappa shape index (κ2) is 6.98. The molecule has 1 aromatic carbocycles. The monoisotopic (exact) mass is 421 g/mol. The highest BCUT2D eigenvalue weighted by Crippen LogP contribution is 2.56. The summed E-state index contributed by atoms with van der Waals surface area (Å²) < 4.78 is 31.1. The van der Waals surface area contributed by atoms with E-state index >= 15 is 0 Å². The molecule has 8 nitrogen and oxygen atoms in total. The number of methoxy groups -OCH3 is 1. The largest absolute Gasteiger partial charge is 0.497 e. The highest BCUT2D eigenvalue weighted by Gasteiger charge is 2.65. The van der Waals surface area contributed by atoms with Crippen LogP contribution in [-0.2, 0) is 14.8 Å². The Morgan fingerprint density at radius 3 is 2.28 bits per heavy atom. The lowest BCUT2D eigenvalue weighted by molar-refractivity contribution is -0.133. The lowest BCUT2D eigenvalue weighted by Crippen LogP contribution is -2.53. The summed E-state index contributed by atoms with van der Waals surface area (Å²) in [5.41, 5.74) is -0.516. The van der Waals surface area contributed by atoms with Crippen LogP contribution in [0.5, 0.6) is 5.75 Å². The Morgan fingerprint density at radius 2 is 1.76 bits per heavy atom. The first-order chi connectivity index (χ1) is 13.7. The van der Waals surface area contributed by atoms with Gasteiger partial charge in [-0.1, -0.05) is 0 Å². The predicted molar refractivity (Wildman–Crippen MR) is 107 cm³/mol. The summed E-state index contributed by atoms with van der Waals surface area (Å²) in [6.45, 7) is 2.19. The minimum absolute atomic E-state index is 0.0430. The summed E-state index contributed by atoms with van der Waals surface area (Å²) in [5.74, 6) is 0.601. The number of carbonyl (C=O) groups excluding carboxylic acids is 2. The number of nitrogens with zero attached hydrogens (tertiary/aromatic N) is 2. The lowest BCUT2D eigenvalue weighted by atomic mass is 9.60. The minimum atomic E-state index is -3.38. The molecule has 3 heterocycles. The quantitative estimate of drug-likeness (QED) is 0.775. The van der Waals surface area contributed by atoms with Crippen LogP contribution in [0.1, 0.15) is 29.6 Å². The van der Waals surface area contributed by atoms with E-state index in [4.69, 9.17) is 4.74 Å². The second-order valence-corrected chi connectivity index (χ2v) is 10.4.